The summed E-state index contributed by atoms with van der Waals surface area (Å²) in [5.74, 6) is -2.02. The zero-order valence-electron chi connectivity index (χ0n) is 26.5. The first-order valence-corrected chi connectivity index (χ1v) is 16.2. The lowest BCUT2D eigenvalue weighted by Crippen LogP contribution is -2.59. The van der Waals surface area contributed by atoms with E-state index in [9.17, 15) is 19.5 Å². The zero-order chi connectivity index (χ0) is 31.4. The average molecular weight is 594 g/mol. The van der Waals surface area contributed by atoms with Crippen LogP contribution in [0.4, 0.5) is 5.69 Å². The fourth-order valence-corrected chi connectivity index (χ4v) is 7.92. The van der Waals surface area contributed by atoms with E-state index in [0.29, 0.717) is 38.8 Å². The number of hydrogen-bond acceptors (Lipinski definition) is 5. The summed E-state index contributed by atoms with van der Waals surface area (Å²) < 4.78 is 7.02. The molecule has 1 aromatic rings. The van der Waals surface area contributed by atoms with Gasteiger partial charge in [0, 0.05) is 25.3 Å². The first-order valence-electron chi connectivity index (χ1n) is 16.2. The number of aliphatic hydroxyl groups excluding tert-OH is 1. The quantitative estimate of drug-likeness (QED) is 0.216. The maximum absolute atomic E-state index is 14.8. The van der Waals surface area contributed by atoms with Gasteiger partial charge in [0.25, 0.3) is 0 Å². The Bertz CT molecular complexity index is 1170. The number of para-hydroxylation sites is 1. The third kappa shape index (κ3) is 5.80. The first-order chi connectivity index (χ1) is 20.7. The van der Waals surface area contributed by atoms with Crippen LogP contribution in [0.1, 0.15) is 72.6 Å². The maximum Gasteiger partial charge on any atom is 0.248 e. The summed E-state index contributed by atoms with van der Waals surface area (Å²) in [4.78, 5) is 49.2. The van der Waals surface area contributed by atoms with Gasteiger partial charge in [-0.25, -0.2) is 0 Å². The molecule has 3 aliphatic heterocycles. The van der Waals surface area contributed by atoms with Crippen molar-refractivity contribution in [2.75, 3.05) is 31.1 Å². The van der Waals surface area contributed by atoms with Crippen LogP contribution < -0.4 is 4.90 Å². The molecule has 0 radical (unpaired) electrons. The lowest BCUT2D eigenvalue weighted by molar-refractivity contribution is -0.156. The zero-order valence-corrected chi connectivity index (χ0v) is 26.5. The number of ether oxygens (including phenoxy) is 1. The number of rotatable bonds is 16. The van der Waals surface area contributed by atoms with Crippen LogP contribution in [0.25, 0.3) is 0 Å². The van der Waals surface area contributed by atoms with E-state index in [0.717, 1.165) is 24.9 Å². The number of carbonyl (C=O) groups is 3. The van der Waals surface area contributed by atoms with E-state index in [1.165, 1.54) is 0 Å². The number of nitrogens with zero attached hydrogens (tertiary/aromatic N) is 3. The standard InChI is InChI=1S/C35H51N3O5/c1-7-11-15-22-36(20-8-2)33(42)30-35-19-18-34(10-4,43-35)28(29(35)32(41)38(30)27(24-39)23-25(5)6)31(40)37(21-9-3)26-16-13-12-14-17-26/h8-9,12-14,16-17,25,27-30,39H,2-3,7,10-11,15,18-24H2,1,4-6H3/t27-,28+,29+,30?,34-,35?/m1/s1. The lowest BCUT2D eigenvalue weighted by Gasteiger charge is -2.40. The molecular weight excluding hydrogens is 542 g/mol. The average Bonchev–Trinajstić information content (AvgIpc) is 3.61. The van der Waals surface area contributed by atoms with Gasteiger partial charge >= 0.3 is 0 Å². The Kier molecular flexibility index (Phi) is 10.5. The molecule has 0 saturated carbocycles. The molecule has 43 heavy (non-hydrogen) atoms. The second-order valence-electron chi connectivity index (χ2n) is 12.9. The molecule has 8 heteroatoms. The van der Waals surface area contributed by atoms with Gasteiger partial charge < -0.3 is 24.5 Å². The molecule has 3 amide bonds. The van der Waals surface area contributed by atoms with E-state index in [1.807, 2.05) is 51.1 Å². The van der Waals surface area contributed by atoms with Crippen molar-refractivity contribution >= 4 is 23.4 Å². The molecule has 1 spiro atoms. The van der Waals surface area contributed by atoms with Crippen molar-refractivity contribution in [1.82, 2.24) is 9.80 Å². The van der Waals surface area contributed by atoms with Crippen molar-refractivity contribution in [3.05, 3.63) is 55.6 Å². The molecule has 3 saturated heterocycles. The Hall–Kier alpha value is -2.97. The number of amides is 3. The SMILES string of the molecule is C=CCN(CCCCC)C(=O)C1N([C@@H](CO)CC(C)C)C(=O)[C@@H]2[C@@H](C(=O)N(CC=C)c3ccccc3)[C@@]3(CC)CCC12O3. The number of unbranched alkanes of at least 4 members (excludes halogenated alkanes) is 2. The Morgan fingerprint density at radius 3 is 2.37 bits per heavy atom. The third-order valence-electron chi connectivity index (χ3n) is 9.80. The van der Waals surface area contributed by atoms with Crippen molar-refractivity contribution in [2.24, 2.45) is 17.8 Å². The second kappa shape index (κ2) is 13.8. The van der Waals surface area contributed by atoms with Gasteiger partial charge in [-0.1, -0.05) is 70.9 Å². The van der Waals surface area contributed by atoms with Crippen molar-refractivity contribution in [3.63, 3.8) is 0 Å². The minimum absolute atomic E-state index is 0.180. The summed E-state index contributed by atoms with van der Waals surface area (Å²) in [6, 6.07) is 7.95. The summed E-state index contributed by atoms with van der Waals surface area (Å²) in [6.45, 7) is 16.9. The van der Waals surface area contributed by atoms with Gasteiger partial charge in [0.2, 0.25) is 17.7 Å². The second-order valence-corrected chi connectivity index (χ2v) is 12.9. The highest BCUT2D eigenvalue weighted by molar-refractivity contribution is 6.03. The first kappa shape index (κ1) is 32.9. The minimum atomic E-state index is -1.14. The smallest absolute Gasteiger partial charge is 0.248 e. The van der Waals surface area contributed by atoms with E-state index in [2.05, 4.69) is 20.1 Å². The molecule has 2 bridgehead atoms. The van der Waals surface area contributed by atoms with Gasteiger partial charge in [0.05, 0.1) is 30.1 Å². The van der Waals surface area contributed by atoms with E-state index in [1.54, 1.807) is 26.9 Å². The fourth-order valence-electron chi connectivity index (χ4n) is 7.92. The Morgan fingerprint density at radius 2 is 1.79 bits per heavy atom. The summed E-state index contributed by atoms with van der Waals surface area (Å²) in [7, 11) is 0. The van der Waals surface area contributed by atoms with Gasteiger partial charge in [-0.2, -0.15) is 0 Å². The van der Waals surface area contributed by atoms with E-state index in [4.69, 9.17) is 4.74 Å². The topological polar surface area (TPSA) is 90.4 Å². The molecule has 4 rings (SSSR count). The predicted molar refractivity (Wildman–Crippen MR) is 169 cm³/mol. The number of anilines is 1. The largest absolute Gasteiger partial charge is 0.394 e. The Morgan fingerprint density at radius 1 is 1.09 bits per heavy atom. The highest BCUT2D eigenvalue weighted by Crippen LogP contribution is 2.65. The number of benzene rings is 1. The number of aliphatic hydroxyl groups is 1. The van der Waals surface area contributed by atoms with Crippen LogP contribution >= 0.6 is 0 Å². The molecular formula is C35H51N3O5. The van der Waals surface area contributed by atoms with Crippen LogP contribution in [0.3, 0.4) is 0 Å². The number of likely N-dealkylation sites (tertiary alicyclic amines) is 1. The summed E-state index contributed by atoms with van der Waals surface area (Å²) in [5.41, 5.74) is -1.27. The molecule has 236 valence electrons. The normalized spacial score (nSPS) is 28.2. The number of hydrogen-bond donors (Lipinski definition) is 1. The van der Waals surface area contributed by atoms with Crippen molar-refractivity contribution in [1.29, 1.82) is 0 Å². The molecule has 3 fully saturated rings. The highest BCUT2D eigenvalue weighted by atomic mass is 16.5. The van der Waals surface area contributed by atoms with E-state index in [-0.39, 0.29) is 36.8 Å². The molecule has 2 unspecified atom stereocenters. The Labute approximate surface area is 257 Å². The monoisotopic (exact) mass is 593 g/mol. The number of fused-ring (bicyclic) bond motifs is 1. The van der Waals surface area contributed by atoms with Crippen LogP contribution in [0.5, 0.6) is 0 Å². The maximum atomic E-state index is 14.8. The molecule has 8 nitrogen and oxygen atoms in total. The van der Waals surface area contributed by atoms with Crippen LogP contribution in [0.2, 0.25) is 0 Å². The summed E-state index contributed by atoms with van der Waals surface area (Å²) in [6.07, 6.45) is 8.45. The van der Waals surface area contributed by atoms with Crippen molar-refractivity contribution < 1.29 is 24.2 Å². The third-order valence-corrected chi connectivity index (χ3v) is 9.80. The van der Waals surface area contributed by atoms with Crippen molar-refractivity contribution in [2.45, 2.75) is 95.9 Å². The molecule has 6 atom stereocenters. The van der Waals surface area contributed by atoms with Gasteiger partial charge in [0.15, 0.2) is 0 Å². The molecule has 0 aliphatic carbocycles. The lowest BCUT2D eigenvalue weighted by atomic mass is 9.64. The molecule has 3 aliphatic rings. The summed E-state index contributed by atoms with van der Waals surface area (Å²) >= 11 is 0. The van der Waals surface area contributed by atoms with E-state index >= 15 is 0 Å². The Balaban J connectivity index is 1.84. The van der Waals surface area contributed by atoms with Crippen LogP contribution in [0.15, 0.2) is 55.6 Å². The van der Waals surface area contributed by atoms with Gasteiger partial charge in [-0.15, -0.1) is 13.2 Å². The summed E-state index contributed by atoms with van der Waals surface area (Å²) in [5, 5.41) is 10.6. The molecule has 1 aromatic carbocycles. The highest BCUT2D eigenvalue weighted by Gasteiger charge is 2.79. The van der Waals surface area contributed by atoms with Gasteiger partial charge in [-0.3, -0.25) is 14.4 Å². The predicted octanol–water partition coefficient (Wildman–Crippen LogP) is 4.97. The molecule has 0 aromatic heterocycles. The number of carbonyl (C=O) groups excluding carboxylic acids is 3. The minimum Gasteiger partial charge on any atom is -0.394 e. The fraction of sp³-hybridized carbons (Fsp3) is 0.629. The van der Waals surface area contributed by atoms with Crippen LogP contribution in [0, 0.1) is 17.8 Å². The van der Waals surface area contributed by atoms with E-state index < -0.39 is 35.1 Å². The van der Waals surface area contributed by atoms with Gasteiger partial charge in [0.1, 0.15) is 11.6 Å². The molecule has 1 N–H and O–H groups in total. The van der Waals surface area contributed by atoms with Crippen LogP contribution in [-0.2, 0) is 19.1 Å². The van der Waals surface area contributed by atoms with Gasteiger partial charge in [-0.05, 0) is 50.2 Å². The molecule has 3 heterocycles. The van der Waals surface area contributed by atoms with Crippen LogP contribution in [-0.4, -0.2) is 82.2 Å². The van der Waals surface area contributed by atoms with Crippen molar-refractivity contribution in [3.8, 4) is 0 Å².